The van der Waals surface area contributed by atoms with Crippen LogP contribution in [-0.2, 0) is 4.79 Å². The minimum atomic E-state index is -0.642. The Morgan fingerprint density at radius 1 is 1.14 bits per heavy atom. The standard InChI is InChI=1S/C23H26N2O4/c1-15-22(26)25-20-9-5-8-19(21(20)29-15)23(27)24-17-10-12-18(13-11-17)28-14-16-6-3-2-4-7-16/h5,8-13,15-16H,2-4,6-7,14H2,1H3,(H,24,27)(H,25,26). The molecule has 2 N–H and O–H groups in total. The smallest absolute Gasteiger partial charge is 0.265 e. The second-order valence-electron chi connectivity index (χ2n) is 7.73. The van der Waals surface area contributed by atoms with Gasteiger partial charge in [-0.1, -0.05) is 25.3 Å². The van der Waals surface area contributed by atoms with Gasteiger partial charge in [-0.05, 0) is 62.1 Å². The van der Waals surface area contributed by atoms with Gasteiger partial charge in [0.2, 0.25) is 0 Å². The van der Waals surface area contributed by atoms with E-state index in [4.69, 9.17) is 9.47 Å². The molecule has 1 unspecified atom stereocenters. The van der Waals surface area contributed by atoms with Crippen molar-refractivity contribution in [2.75, 3.05) is 17.2 Å². The van der Waals surface area contributed by atoms with Crippen LogP contribution >= 0.6 is 0 Å². The van der Waals surface area contributed by atoms with Gasteiger partial charge in [0.1, 0.15) is 5.75 Å². The van der Waals surface area contributed by atoms with E-state index in [-0.39, 0.29) is 11.8 Å². The second-order valence-corrected chi connectivity index (χ2v) is 7.73. The fraction of sp³-hybridized carbons (Fsp3) is 0.391. The lowest BCUT2D eigenvalue weighted by Crippen LogP contribution is -2.35. The summed E-state index contributed by atoms with van der Waals surface area (Å²) >= 11 is 0. The number of carbonyl (C=O) groups is 2. The second kappa shape index (κ2) is 8.55. The van der Waals surface area contributed by atoms with E-state index < -0.39 is 6.10 Å². The highest BCUT2D eigenvalue weighted by Crippen LogP contribution is 2.34. The Morgan fingerprint density at radius 3 is 2.66 bits per heavy atom. The molecule has 1 saturated carbocycles. The molecule has 0 bridgehead atoms. The van der Waals surface area contributed by atoms with Crippen LogP contribution in [0.3, 0.4) is 0 Å². The number of hydrogen-bond donors (Lipinski definition) is 2. The quantitative estimate of drug-likeness (QED) is 0.776. The molecule has 0 spiro atoms. The lowest BCUT2D eigenvalue weighted by Gasteiger charge is -2.25. The van der Waals surface area contributed by atoms with E-state index in [0.717, 1.165) is 12.4 Å². The number of benzene rings is 2. The van der Waals surface area contributed by atoms with Crippen LogP contribution in [0.1, 0.15) is 49.4 Å². The van der Waals surface area contributed by atoms with Gasteiger partial charge in [-0.3, -0.25) is 9.59 Å². The maximum atomic E-state index is 12.8. The number of nitrogens with one attached hydrogen (secondary N) is 2. The van der Waals surface area contributed by atoms with Crippen molar-refractivity contribution in [2.45, 2.75) is 45.1 Å². The SMILES string of the molecule is CC1Oc2c(cccc2C(=O)Nc2ccc(OCC3CCCCC3)cc2)NC1=O. The van der Waals surface area contributed by atoms with Gasteiger partial charge in [0, 0.05) is 5.69 Å². The Morgan fingerprint density at radius 2 is 1.90 bits per heavy atom. The van der Waals surface area contributed by atoms with Gasteiger partial charge in [-0.15, -0.1) is 0 Å². The van der Waals surface area contributed by atoms with Crippen molar-refractivity contribution in [3.8, 4) is 11.5 Å². The van der Waals surface area contributed by atoms with Crippen molar-refractivity contribution in [3.05, 3.63) is 48.0 Å². The molecule has 2 aromatic rings. The third kappa shape index (κ3) is 4.53. The molecule has 0 saturated heterocycles. The summed E-state index contributed by atoms with van der Waals surface area (Å²) in [4.78, 5) is 24.5. The molecule has 0 aromatic heterocycles. The fourth-order valence-corrected chi connectivity index (χ4v) is 3.81. The molecule has 1 aliphatic carbocycles. The normalized spacial score (nSPS) is 18.9. The van der Waals surface area contributed by atoms with Gasteiger partial charge >= 0.3 is 0 Å². The van der Waals surface area contributed by atoms with E-state index in [1.54, 1.807) is 25.1 Å². The predicted molar refractivity (Wildman–Crippen MR) is 112 cm³/mol. The summed E-state index contributed by atoms with van der Waals surface area (Å²) in [5.74, 6) is 1.34. The van der Waals surface area contributed by atoms with Gasteiger partial charge in [-0.2, -0.15) is 0 Å². The Labute approximate surface area is 170 Å². The Bertz CT molecular complexity index is 888. The summed E-state index contributed by atoms with van der Waals surface area (Å²) in [5.41, 5.74) is 1.56. The topological polar surface area (TPSA) is 76.7 Å². The zero-order valence-electron chi connectivity index (χ0n) is 16.6. The first-order valence-electron chi connectivity index (χ1n) is 10.2. The van der Waals surface area contributed by atoms with Crippen molar-refractivity contribution >= 4 is 23.2 Å². The summed E-state index contributed by atoms with van der Waals surface area (Å²) in [6.07, 6.45) is 5.79. The maximum absolute atomic E-state index is 12.8. The first-order chi connectivity index (χ1) is 14.1. The van der Waals surface area contributed by atoms with Gasteiger partial charge in [0.15, 0.2) is 11.9 Å². The first kappa shape index (κ1) is 19.3. The van der Waals surface area contributed by atoms with Crippen LogP contribution in [0.2, 0.25) is 0 Å². The lowest BCUT2D eigenvalue weighted by atomic mass is 9.90. The van der Waals surface area contributed by atoms with Crippen molar-refractivity contribution in [1.82, 2.24) is 0 Å². The highest BCUT2D eigenvalue weighted by Gasteiger charge is 2.27. The Kier molecular flexibility index (Phi) is 5.69. The van der Waals surface area contributed by atoms with Crippen molar-refractivity contribution in [1.29, 1.82) is 0 Å². The molecule has 152 valence electrons. The molecular formula is C23H26N2O4. The first-order valence-corrected chi connectivity index (χ1v) is 10.2. The Balaban J connectivity index is 1.39. The van der Waals surface area contributed by atoms with Crippen LogP contribution in [0.25, 0.3) is 0 Å². The average Bonchev–Trinajstić information content (AvgIpc) is 2.74. The van der Waals surface area contributed by atoms with Crippen LogP contribution in [0.5, 0.6) is 11.5 Å². The zero-order valence-corrected chi connectivity index (χ0v) is 16.6. The summed E-state index contributed by atoms with van der Waals surface area (Å²) in [6, 6.07) is 12.5. The molecule has 6 heteroatoms. The highest BCUT2D eigenvalue weighted by atomic mass is 16.5. The van der Waals surface area contributed by atoms with Crippen LogP contribution in [0.4, 0.5) is 11.4 Å². The minimum absolute atomic E-state index is 0.223. The number of anilines is 2. The van der Waals surface area contributed by atoms with Gasteiger partial charge < -0.3 is 20.1 Å². The van der Waals surface area contributed by atoms with Gasteiger partial charge in [-0.25, -0.2) is 0 Å². The zero-order chi connectivity index (χ0) is 20.2. The van der Waals surface area contributed by atoms with Crippen LogP contribution in [0, 0.1) is 5.92 Å². The Hall–Kier alpha value is -3.02. The minimum Gasteiger partial charge on any atom is -0.493 e. The number of ether oxygens (including phenoxy) is 2. The molecule has 6 nitrogen and oxygen atoms in total. The lowest BCUT2D eigenvalue weighted by molar-refractivity contribution is -0.122. The van der Waals surface area contributed by atoms with E-state index >= 15 is 0 Å². The fourth-order valence-electron chi connectivity index (χ4n) is 3.81. The number of amides is 2. The highest BCUT2D eigenvalue weighted by molar-refractivity contribution is 6.09. The molecule has 1 fully saturated rings. The third-order valence-electron chi connectivity index (χ3n) is 5.50. The largest absolute Gasteiger partial charge is 0.493 e. The average molecular weight is 394 g/mol. The predicted octanol–water partition coefficient (Wildman–Crippen LogP) is 4.62. The van der Waals surface area contributed by atoms with Crippen LogP contribution in [-0.4, -0.2) is 24.5 Å². The van der Waals surface area contributed by atoms with Crippen molar-refractivity contribution in [3.63, 3.8) is 0 Å². The summed E-state index contributed by atoms with van der Waals surface area (Å²) < 4.78 is 11.6. The van der Waals surface area contributed by atoms with E-state index in [2.05, 4.69) is 10.6 Å². The molecule has 0 radical (unpaired) electrons. The summed E-state index contributed by atoms with van der Waals surface area (Å²) in [5, 5.41) is 5.64. The number of hydrogen-bond acceptors (Lipinski definition) is 4. The van der Waals surface area contributed by atoms with Crippen molar-refractivity contribution in [2.24, 2.45) is 5.92 Å². The summed E-state index contributed by atoms with van der Waals surface area (Å²) in [7, 11) is 0. The van der Waals surface area contributed by atoms with Crippen LogP contribution < -0.4 is 20.1 Å². The molecule has 4 rings (SSSR count). The summed E-state index contributed by atoms with van der Waals surface area (Å²) in [6.45, 7) is 2.40. The van der Waals surface area contributed by atoms with Gasteiger partial charge in [0.05, 0.1) is 17.9 Å². The molecule has 2 aromatic carbocycles. The number of fused-ring (bicyclic) bond motifs is 1. The van der Waals surface area contributed by atoms with E-state index in [9.17, 15) is 9.59 Å². The van der Waals surface area contributed by atoms with Crippen LogP contribution in [0.15, 0.2) is 42.5 Å². The monoisotopic (exact) mass is 394 g/mol. The number of carbonyl (C=O) groups excluding carboxylic acids is 2. The van der Waals surface area contributed by atoms with E-state index in [1.807, 2.05) is 24.3 Å². The van der Waals surface area contributed by atoms with E-state index in [1.165, 1.54) is 32.1 Å². The molecule has 29 heavy (non-hydrogen) atoms. The van der Waals surface area contributed by atoms with Gasteiger partial charge in [0.25, 0.3) is 11.8 Å². The number of para-hydroxylation sites is 1. The molecule has 1 atom stereocenters. The molecular weight excluding hydrogens is 368 g/mol. The third-order valence-corrected chi connectivity index (χ3v) is 5.50. The molecule has 2 aliphatic rings. The molecule has 2 amide bonds. The maximum Gasteiger partial charge on any atom is 0.265 e. The number of rotatable bonds is 5. The molecule has 1 aliphatic heterocycles. The van der Waals surface area contributed by atoms with Crippen molar-refractivity contribution < 1.29 is 19.1 Å². The van der Waals surface area contributed by atoms with E-state index in [0.29, 0.717) is 28.6 Å². The molecule has 1 heterocycles.